The topological polar surface area (TPSA) is 79.8 Å². The summed E-state index contributed by atoms with van der Waals surface area (Å²) in [5.41, 5.74) is 3.30. The Balaban J connectivity index is 1.86. The molecule has 2 N–H and O–H groups in total. The van der Waals surface area contributed by atoms with Gasteiger partial charge in [-0.3, -0.25) is 9.59 Å². The summed E-state index contributed by atoms with van der Waals surface area (Å²) >= 11 is 11.7. The number of hydrogen-bond donors (Lipinski definition) is 2. The maximum atomic E-state index is 12.0. The normalized spacial score (nSPS) is 10.6. The smallest absolute Gasteiger partial charge is 0.259 e. The third-order valence-electron chi connectivity index (χ3n) is 3.20. The molecule has 0 aliphatic heterocycles. The van der Waals surface area contributed by atoms with Crippen LogP contribution in [0.25, 0.3) is 0 Å². The van der Waals surface area contributed by atoms with E-state index in [1.54, 1.807) is 6.07 Å². The van der Waals surface area contributed by atoms with Crippen LogP contribution in [-0.4, -0.2) is 31.2 Å². The monoisotopic (exact) mass is 393 g/mol. The van der Waals surface area contributed by atoms with Crippen LogP contribution in [0.2, 0.25) is 10.0 Å². The molecule has 0 aromatic heterocycles. The zero-order chi connectivity index (χ0) is 18.9. The first-order chi connectivity index (χ1) is 12.5. The highest BCUT2D eigenvalue weighted by Gasteiger charge is 2.11. The summed E-state index contributed by atoms with van der Waals surface area (Å²) in [6.45, 7) is 2.16. The largest absolute Gasteiger partial charge is 0.493 e. The Morgan fingerprint density at radius 1 is 1.19 bits per heavy atom. The van der Waals surface area contributed by atoms with Crippen LogP contribution in [0.15, 0.2) is 47.6 Å². The SMILES string of the molecule is CCOc1ccccc1/C=N/NC(=O)CNC(=O)c1ccc(Cl)cc1Cl. The molecule has 0 heterocycles. The second kappa shape index (κ2) is 9.79. The second-order valence-corrected chi connectivity index (χ2v) is 5.91. The molecule has 2 rings (SSSR count). The fourth-order valence-corrected chi connectivity index (χ4v) is 2.51. The molecule has 2 amide bonds. The van der Waals surface area contributed by atoms with Crippen LogP contribution < -0.4 is 15.5 Å². The van der Waals surface area contributed by atoms with Gasteiger partial charge in [0.1, 0.15) is 5.75 Å². The minimum absolute atomic E-state index is 0.209. The Bertz CT molecular complexity index is 825. The van der Waals surface area contributed by atoms with E-state index in [9.17, 15) is 9.59 Å². The van der Waals surface area contributed by atoms with Gasteiger partial charge in [-0.15, -0.1) is 0 Å². The predicted molar refractivity (Wildman–Crippen MR) is 102 cm³/mol. The van der Waals surface area contributed by atoms with E-state index >= 15 is 0 Å². The molecule has 0 saturated carbocycles. The van der Waals surface area contributed by atoms with E-state index < -0.39 is 11.8 Å². The molecule has 0 fully saturated rings. The van der Waals surface area contributed by atoms with E-state index in [4.69, 9.17) is 27.9 Å². The van der Waals surface area contributed by atoms with Crippen molar-refractivity contribution in [2.24, 2.45) is 5.10 Å². The number of ether oxygens (including phenoxy) is 1. The van der Waals surface area contributed by atoms with Gasteiger partial charge < -0.3 is 10.1 Å². The number of rotatable bonds is 7. The zero-order valence-electron chi connectivity index (χ0n) is 14.0. The number of amides is 2. The molecule has 0 spiro atoms. The van der Waals surface area contributed by atoms with Gasteiger partial charge in [-0.25, -0.2) is 5.43 Å². The Morgan fingerprint density at radius 2 is 1.96 bits per heavy atom. The second-order valence-electron chi connectivity index (χ2n) is 5.07. The molecule has 2 aromatic rings. The highest BCUT2D eigenvalue weighted by Crippen LogP contribution is 2.20. The Labute approximate surface area is 161 Å². The maximum Gasteiger partial charge on any atom is 0.259 e. The van der Waals surface area contributed by atoms with Crippen molar-refractivity contribution >= 4 is 41.2 Å². The number of hydrogen-bond acceptors (Lipinski definition) is 4. The molecule has 0 atom stereocenters. The molecule has 136 valence electrons. The van der Waals surface area contributed by atoms with E-state index in [-0.39, 0.29) is 17.1 Å². The minimum atomic E-state index is -0.479. The van der Waals surface area contributed by atoms with Crippen molar-refractivity contribution in [2.75, 3.05) is 13.2 Å². The highest BCUT2D eigenvalue weighted by molar-refractivity contribution is 6.36. The molecule has 0 aliphatic carbocycles. The van der Waals surface area contributed by atoms with Gasteiger partial charge >= 0.3 is 0 Å². The van der Waals surface area contributed by atoms with Gasteiger partial charge in [-0.1, -0.05) is 35.3 Å². The number of carbonyl (C=O) groups excluding carboxylic acids is 2. The zero-order valence-corrected chi connectivity index (χ0v) is 15.5. The Hall–Kier alpha value is -2.57. The highest BCUT2D eigenvalue weighted by atomic mass is 35.5. The number of halogens is 2. The standard InChI is InChI=1S/C18H17Cl2N3O3/c1-2-26-16-6-4-3-5-12(16)10-22-23-17(24)11-21-18(25)14-8-7-13(19)9-15(14)20/h3-10H,2,11H2,1H3,(H,21,25)(H,23,24)/b22-10+. The average Bonchev–Trinajstić information content (AvgIpc) is 2.61. The third-order valence-corrected chi connectivity index (χ3v) is 3.74. The summed E-state index contributed by atoms with van der Waals surface area (Å²) in [6.07, 6.45) is 1.47. The van der Waals surface area contributed by atoms with E-state index in [1.165, 1.54) is 18.3 Å². The molecule has 0 unspecified atom stereocenters. The van der Waals surface area contributed by atoms with Crippen LogP contribution in [0.1, 0.15) is 22.8 Å². The maximum absolute atomic E-state index is 12.0. The first kappa shape index (κ1) is 19.8. The molecule has 0 bridgehead atoms. The lowest BCUT2D eigenvalue weighted by Crippen LogP contribution is -2.35. The van der Waals surface area contributed by atoms with Gasteiger partial charge in [-0.05, 0) is 37.3 Å². The summed E-state index contributed by atoms with van der Waals surface area (Å²) in [7, 11) is 0. The Kier molecular flexibility index (Phi) is 7.44. The van der Waals surface area contributed by atoms with Crippen molar-refractivity contribution in [3.8, 4) is 5.75 Å². The number of nitrogens with zero attached hydrogens (tertiary/aromatic N) is 1. The molecule has 2 aromatic carbocycles. The molecule has 0 saturated heterocycles. The number of benzene rings is 2. The van der Waals surface area contributed by atoms with Gasteiger partial charge in [0.25, 0.3) is 11.8 Å². The molecular weight excluding hydrogens is 377 g/mol. The third kappa shape index (κ3) is 5.75. The van der Waals surface area contributed by atoms with Crippen LogP contribution in [0.3, 0.4) is 0 Å². The molecule has 0 radical (unpaired) electrons. The van der Waals surface area contributed by atoms with Crippen molar-refractivity contribution in [2.45, 2.75) is 6.92 Å². The summed E-state index contributed by atoms with van der Waals surface area (Å²) in [5, 5.41) is 6.96. The van der Waals surface area contributed by atoms with Crippen LogP contribution >= 0.6 is 23.2 Å². The molecule has 0 aliphatic rings. The summed E-state index contributed by atoms with van der Waals surface area (Å²) in [6, 6.07) is 11.8. The van der Waals surface area contributed by atoms with Gasteiger partial charge in [0.05, 0.1) is 30.0 Å². The first-order valence-electron chi connectivity index (χ1n) is 7.78. The minimum Gasteiger partial charge on any atom is -0.493 e. The summed E-state index contributed by atoms with van der Waals surface area (Å²) in [4.78, 5) is 23.8. The fourth-order valence-electron chi connectivity index (χ4n) is 2.02. The van der Waals surface area contributed by atoms with E-state index in [0.717, 1.165) is 5.56 Å². The summed E-state index contributed by atoms with van der Waals surface area (Å²) < 4.78 is 5.46. The van der Waals surface area contributed by atoms with Crippen LogP contribution in [0, 0.1) is 0 Å². The van der Waals surface area contributed by atoms with Crippen LogP contribution in [-0.2, 0) is 4.79 Å². The van der Waals surface area contributed by atoms with Crippen molar-refractivity contribution < 1.29 is 14.3 Å². The lowest BCUT2D eigenvalue weighted by molar-refractivity contribution is -0.120. The van der Waals surface area contributed by atoms with Gasteiger partial charge in [0.2, 0.25) is 0 Å². The molecule has 26 heavy (non-hydrogen) atoms. The number of hydrazone groups is 1. The fraction of sp³-hybridized carbons (Fsp3) is 0.167. The van der Waals surface area contributed by atoms with E-state index in [1.807, 2.05) is 31.2 Å². The first-order valence-corrected chi connectivity index (χ1v) is 8.54. The Morgan fingerprint density at radius 3 is 2.69 bits per heavy atom. The number of carbonyl (C=O) groups is 2. The average molecular weight is 394 g/mol. The van der Waals surface area contributed by atoms with Crippen LogP contribution in [0.4, 0.5) is 0 Å². The lowest BCUT2D eigenvalue weighted by atomic mass is 10.2. The summed E-state index contributed by atoms with van der Waals surface area (Å²) in [5.74, 6) is -0.292. The predicted octanol–water partition coefficient (Wildman–Crippen LogP) is 3.27. The molecule has 8 heteroatoms. The number of para-hydroxylation sites is 1. The van der Waals surface area contributed by atoms with Gasteiger partial charge in [0.15, 0.2) is 0 Å². The van der Waals surface area contributed by atoms with Crippen molar-refractivity contribution in [3.05, 3.63) is 63.6 Å². The number of nitrogens with one attached hydrogen (secondary N) is 2. The van der Waals surface area contributed by atoms with Crippen LogP contribution in [0.5, 0.6) is 5.75 Å². The quantitative estimate of drug-likeness (QED) is 0.559. The molecule has 6 nitrogen and oxygen atoms in total. The van der Waals surface area contributed by atoms with E-state index in [2.05, 4.69) is 15.8 Å². The van der Waals surface area contributed by atoms with Gasteiger partial charge in [0, 0.05) is 10.6 Å². The van der Waals surface area contributed by atoms with Gasteiger partial charge in [-0.2, -0.15) is 5.10 Å². The van der Waals surface area contributed by atoms with Crippen molar-refractivity contribution in [1.82, 2.24) is 10.7 Å². The van der Waals surface area contributed by atoms with Crippen molar-refractivity contribution in [1.29, 1.82) is 0 Å². The van der Waals surface area contributed by atoms with Crippen molar-refractivity contribution in [3.63, 3.8) is 0 Å². The lowest BCUT2D eigenvalue weighted by Gasteiger charge is -2.07. The van der Waals surface area contributed by atoms with E-state index in [0.29, 0.717) is 17.4 Å². The molecular formula is C18H17Cl2N3O3.